The van der Waals surface area contributed by atoms with Gasteiger partial charge in [-0.25, -0.2) is 5.01 Å². The molecule has 2 aliphatic heterocycles. The van der Waals surface area contributed by atoms with Crippen LogP contribution in [0.4, 0.5) is 0 Å². The van der Waals surface area contributed by atoms with Gasteiger partial charge < -0.3 is 4.74 Å². The van der Waals surface area contributed by atoms with Crippen LogP contribution in [0.3, 0.4) is 0 Å². The maximum absolute atomic E-state index is 6.55. The lowest BCUT2D eigenvalue weighted by molar-refractivity contribution is -0.112. The summed E-state index contributed by atoms with van der Waals surface area (Å²) in [4.78, 5) is 0. The number of hydrazone groups is 1. The van der Waals surface area contributed by atoms with Crippen LogP contribution in [0, 0.1) is 0 Å². The Morgan fingerprint density at radius 3 is 2.50 bits per heavy atom. The molecule has 0 unspecified atom stereocenters. The maximum atomic E-state index is 6.55. The lowest BCUT2D eigenvalue weighted by Gasteiger charge is -2.46. The highest BCUT2D eigenvalue weighted by molar-refractivity contribution is 9.10. The first-order valence-electron chi connectivity index (χ1n) is 9.21. The van der Waals surface area contributed by atoms with Gasteiger partial charge in [0.25, 0.3) is 0 Å². The zero-order chi connectivity index (χ0) is 19.3. The van der Waals surface area contributed by atoms with E-state index in [1.807, 2.05) is 48.5 Å². The second-order valence-corrected chi connectivity index (χ2v) is 8.60. The van der Waals surface area contributed by atoms with Crippen LogP contribution in [0.25, 0.3) is 0 Å². The molecule has 0 aromatic heterocycles. The third kappa shape index (κ3) is 2.83. The summed E-state index contributed by atoms with van der Waals surface area (Å²) in [5.74, 6) is 0.918. The third-order valence-electron chi connectivity index (χ3n) is 5.49. The quantitative estimate of drug-likeness (QED) is 0.441. The van der Waals surface area contributed by atoms with Gasteiger partial charge in [-0.15, -0.1) is 0 Å². The van der Waals surface area contributed by atoms with Crippen LogP contribution in [0.2, 0.25) is 5.02 Å². The molecule has 3 nitrogen and oxygen atoms in total. The number of hydrogen-bond acceptors (Lipinski definition) is 3. The lowest BCUT2D eigenvalue weighted by atomic mass is 9.92. The van der Waals surface area contributed by atoms with Crippen LogP contribution in [-0.2, 0) is 5.72 Å². The minimum absolute atomic E-state index is 0.129. The van der Waals surface area contributed by atoms with Gasteiger partial charge in [0.05, 0.1) is 11.8 Å². The molecule has 28 heavy (non-hydrogen) atoms. The molecule has 2 aliphatic rings. The molecule has 0 radical (unpaired) electrons. The molecule has 0 fully saturated rings. The number of nitrogens with zero attached hydrogens (tertiary/aromatic N) is 2. The number of halogens is 2. The van der Waals surface area contributed by atoms with Gasteiger partial charge >= 0.3 is 0 Å². The van der Waals surface area contributed by atoms with Gasteiger partial charge in [0, 0.05) is 34.0 Å². The van der Waals surface area contributed by atoms with Crippen molar-refractivity contribution in [2.45, 2.75) is 25.1 Å². The molecule has 2 atom stereocenters. The molecular weight excluding hydrogens is 436 g/mol. The molecular formula is C23H18BrClN2O. The summed E-state index contributed by atoms with van der Waals surface area (Å²) in [6, 6.07) is 24.5. The summed E-state index contributed by atoms with van der Waals surface area (Å²) in [5.41, 5.74) is 3.69. The van der Waals surface area contributed by atoms with E-state index in [0.717, 1.165) is 38.5 Å². The number of rotatable bonds is 2. The Labute approximate surface area is 177 Å². The van der Waals surface area contributed by atoms with E-state index in [2.05, 4.69) is 52.1 Å². The minimum atomic E-state index is -0.687. The van der Waals surface area contributed by atoms with Crippen LogP contribution >= 0.6 is 27.5 Å². The standard InChI is InChI=1S/C23H18BrClN2O/c1-23(16-8-10-17(24)11-9-16)27-21(19-4-2-3-5-22(19)28-23)14-20(26-27)15-6-12-18(25)13-7-15/h2-13,21H,14H2,1H3/t21-,23+/m0/s1. The number of ether oxygens (including phenoxy) is 1. The predicted molar refractivity (Wildman–Crippen MR) is 116 cm³/mol. The van der Waals surface area contributed by atoms with E-state index in [4.69, 9.17) is 21.4 Å². The van der Waals surface area contributed by atoms with Gasteiger partial charge in [0.15, 0.2) is 0 Å². The Morgan fingerprint density at radius 1 is 1.04 bits per heavy atom. The van der Waals surface area contributed by atoms with Crippen LogP contribution in [-0.4, -0.2) is 10.7 Å². The molecule has 0 aliphatic carbocycles. The SMILES string of the molecule is C[C@]1(c2ccc(Br)cc2)Oc2ccccc2[C@@H]2CC(c3ccc(Cl)cc3)=NN21. The largest absolute Gasteiger partial charge is 0.462 e. The first-order valence-corrected chi connectivity index (χ1v) is 10.4. The molecule has 3 aromatic rings. The number of hydrogen-bond donors (Lipinski definition) is 0. The first kappa shape index (κ1) is 17.8. The second kappa shape index (κ2) is 6.64. The minimum Gasteiger partial charge on any atom is -0.462 e. The molecule has 0 spiro atoms. The summed E-state index contributed by atoms with van der Waals surface area (Å²) in [5, 5.41) is 7.87. The molecule has 0 N–H and O–H groups in total. The monoisotopic (exact) mass is 452 g/mol. The topological polar surface area (TPSA) is 24.8 Å². The molecule has 0 saturated carbocycles. The molecule has 3 aromatic carbocycles. The van der Waals surface area contributed by atoms with Gasteiger partial charge in [-0.2, -0.15) is 5.10 Å². The Morgan fingerprint density at radius 2 is 1.75 bits per heavy atom. The van der Waals surface area contributed by atoms with Crippen LogP contribution in [0.1, 0.15) is 36.1 Å². The van der Waals surface area contributed by atoms with E-state index in [1.54, 1.807) is 0 Å². The van der Waals surface area contributed by atoms with E-state index in [9.17, 15) is 0 Å². The zero-order valence-electron chi connectivity index (χ0n) is 15.3. The highest BCUT2D eigenvalue weighted by Crippen LogP contribution is 2.50. The number of fused-ring (bicyclic) bond motifs is 3. The van der Waals surface area contributed by atoms with Gasteiger partial charge in [-0.3, -0.25) is 0 Å². The maximum Gasteiger partial charge on any atom is 0.221 e. The summed E-state index contributed by atoms with van der Waals surface area (Å²) < 4.78 is 7.59. The summed E-state index contributed by atoms with van der Waals surface area (Å²) in [6.07, 6.45) is 0.828. The molecule has 0 amide bonds. The van der Waals surface area contributed by atoms with Gasteiger partial charge in [0.2, 0.25) is 5.72 Å². The van der Waals surface area contributed by atoms with Crippen LogP contribution in [0.5, 0.6) is 5.75 Å². The fourth-order valence-corrected chi connectivity index (χ4v) is 4.41. The highest BCUT2D eigenvalue weighted by atomic mass is 79.9. The molecule has 0 bridgehead atoms. The van der Waals surface area contributed by atoms with Crippen LogP contribution < -0.4 is 4.74 Å². The van der Waals surface area contributed by atoms with Gasteiger partial charge in [-0.1, -0.05) is 70.0 Å². The Kier molecular flexibility index (Phi) is 4.22. The van der Waals surface area contributed by atoms with E-state index in [1.165, 1.54) is 5.56 Å². The normalized spacial score (nSPS) is 22.9. The zero-order valence-corrected chi connectivity index (χ0v) is 17.6. The molecule has 5 heteroatoms. The lowest BCUT2D eigenvalue weighted by Crippen LogP contribution is -2.48. The third-order valence-corrected chi connectivity index (χ3v) is 6.27. The highest BCUT2D eigenvalue weighted by Gasteiger charge is 2.48. The molecule has 0 saturated heterocycles. The Balaban J connectivity index is 1.64. The molecule has 140 valence electrons. The van der Waals surface area contributed by atoms with Crippen molar-refractivity contribution in [3.63, 3.8) is 0 Å². The van der Waals surface area contributed by atoms with Crippen molar-refractivity contribution < 1.29 is 4.74 Å². The van der Waals surface area contributed by atoms with E-state index in [-0.39, 0.29) is 6.04 Å². The summed E-state index contributed by atoms with van der Waals surface area (Å²) in [6.45, 7) is 2.09. The van der Waals surface area contributed by atoms with Crippen molar-refractivity contribution in [2.24, 2.45) is 5.10 Å². The summed E-state index contributed by atoms with van der Waals surface area (Å²) >= 11 is 9.59. The van der Waals surface area contributed by atoms with E-state index in [0.29, 0.717) is 0 Å². The summed E-state index contributed by atoms with van der Waals surface area (Å²) in [7, 11) is 0. The number of para-hydroxylation sites is 1. The number of benzene rings is 3. The van der Waals surface area contributed by atoms with Crippen molar-refractivity contribution in [3.05, 3.63) is 99.0 Å². The molecule has 5 rings (SSSR count). The fraction of sp³-hybridized carbons (Fsp3) is 0.174. The van der Waals surface area contributed by atoms with E-state index >= 15 is 0 Å². The van der Waals surface area contributed by atoms with Crippen molar-refractivity contribution >= 4 is 33.2 Å². The Bertz CT molecular complexity index is 1060. The molecule has 2 heterocycles. The second-order valence-electron chi connectivity index (χ2n) is 7.25. The van der Waals surface area contributed by atoms with Crippen molar-refractivity contribution in [1.29, 1.82) is 0 Å². The Hall–Kier alpha value is -2.30. The average molecular weight is 454 g/mol. The van der Waals surface area contributed by atoms with E-state index < -0.39 is 5.72 Å². The smallest absolute Gasteiger partial charge is 0.221 e. The van der Waals surface area contributed by atoms with Crippen LogP contribution in [0.15, 0.2) is 82.4 Å². The fourth-order valence-electron chi connectivity index (χ4n) is 4.02. The van der Waals surface area contributed by atoms with Gasteiger partial charge in [0.1, 0.15) is 5.75 Å². The van der Waals surface area contributed by atoms with Crippen molar-refractivity contribution in [3.8, 4) is 5.75 Å². The first-order chi connectivity index (χ1) is 13.5. The average Bonchev–Trinajstić information content (AvgIpc) is 3.16. The van der Waals surface area contributed by atoms with Gasteiger partial charge in [-0.05, 0) is 35.9 Å². The van der Waals surface area contributed by atoms with Crippen molar-refractivity contribution in [1.82, 2.24) is 5.01 Å². The predicted octanol–water partition coefficient (Wildman–Crippen LogP) is 6.52. The van der Waals surface area contributed by atoms with Crippen molar-refractivity contribution in [2.75, 3.05) is 0 Å².